The van der Waals surface area contributed by atoms with Crippen molar-refractivity contribution in [3.05, 3.63) is 17.0 Å². The monoisotopic (exact) mass is 255 g/mol. The standard InChI is InChI=1S/C11H17N3O4/c1-4-9(10(15)16)13-11(17)12-5-8-6(2)14-18-7(8)3/h9H,4-5H2,1-3H3,(H,15,16)(H2,12,13,17). The lowest BCUT2D eigenvalue weighted by atomic mass is 10.2. The topological polar surface area (TPSA) is 104 Å². The number of carbonyl (C=O) groups is 2. The van der Waals surface area contributed by atoms with Gasteiger partial charge in [-0.25, -0.2) is 9.59 Å². The molecule has 1 unspecified atom stereocenters. The quantitative estimate of drug-likeness (QED) is 0.726. The summed E-state index contributed by atoms with van der Waals surface area (Å²) in [6, 6.07) is -1.40. The van der Waals surface area contributed by atoms with Gasteiger partial charge in [0.25, 0.3) is 0 Å². The van der Waals surface area contributed by atoms with E-state index < -0.39 is 18.0 Å². The number of hydrogen-bond acceptors (Lipinski definition) is 4. The van der Waals surface area contributed by atoms with Gasteiger partial charge in [-0.1, -0.05) is 12.1 Å². The Kier molecular flexibility index (Phi) is 4.70. The van der Waals surface area contributed by atoms with Gasteiger partial charge in [0, 0.05) is 12.1 Å². The number of amides is 2. The number of nitrogens with zero attached hydrogens (tertiary/aromatic N) is 1. The second-order valence-corrected chi connectivity index (χ2v) is 3.93. The summed E-state index contributed by atoms with van der Waals surface area (Å²) in [6.07, 6.45) is 0.327. The molecule has 0 radical (unpaired) electrons. The first kappa shape index (κ1) is 14.0. The predicted molar refractivity (Wildman–Crippen MR) is 63.1 cm³/mol. The van der Waals surface area contributed by atoms with Crippen LogP contribution in [0, 0.1) is 13.8 Å². The van der Waals surface area contributed by atoms with Crippen LogP contribution in [0.4, 0.5) is 4.79 Å². The van der Waals surface area contributed by atoms with Crippen molar-refractivity contribution in [2.24, 2.45) is 0 Å². The van der Waals surface area contributed by atoms with Crippen LogP contribution < -0.4 is 10.6 Å². The van der Waals surface area contributed by atoms with Crippen LogP contribution in [0.2, 0.25) is 0 Å². The first-order chi connectivity index (χ1) is 8.45. The number of rotatable bonds is 5. The SMILES string of the molecule is CCC(NC(=O)NCc1c(C)noc1C)C(=O)O. The molecule has 7 heteroatoms. The Hall–Kier alpha value is -2.05. The molecule has 0 aliphatic rings. The Morgan fingerprint density at radius 2 is 2.11 bits per heavy atom. The van der Waals surface area contributed by atoms with Gasteiger partial charge in [0.05, 0.1) is 5.69 Å². The predicted octanol–water partition coefficient (Wildman–Crippen LogP) is 0.954. The third-order valence-corrected chi connectivity index (χ3v) is 2.62. The summed E-state index contributed by atoms with van der Waals surface area (Å²) in [7, 11) is 0. The summed E-state index contributed by atoms with van der Waals surface area (Å²) in [6.45, 7) is 5.47. The molecule has 1 atom stereocenters. The molecule has 18 heavy (non-hydrogen) atoms. The molecular weight excluding hydrogens is 238 g/mol. The second-order valence-electron chi connectivity index (χ2n) is 3.93. The van der Waals surface area contributed by atoms with Crippen molar-refractivity contribution in [1.29, 1.82) is 0 Å². The van der Waals surface area contributed by atoms with Crippen LogP contribution in [-0.2, 0) is 11.3 Å². The molecular formula is C11H17N3O4. The second kappa shape index (κ2) is 6.04. The first-order valence-electron chi connectivity index (χ1n) is 5.64. The summed E-state index contributed by atoms with van der Waals surface area (Å²) in [5, 5.41) is 17.5. The molecule has 1 rings (SSSR count). The zero-order valence-corrected chi connectivity index (χ0v) is 10.6. The smallest absolute Gasteiger partial charge is 0.326 e. The van der Waals surface area contributed by atoms with Gasteiger partial charge in [-0.05, 0) is 20.3 Å². The number of hydrogen-bond donors (Lipinski definition) is 3. The summed E-state index contributed by atoms with van der Waals surface area (Å²) < 4.78 is 4.95. The fourth-order valence-corrected chi connectivity index (χ4v) is 1.47. The number of carbonyl (C=O) groups excluding carboxylic acids is 1. The van der Waals surface area contributed by atoms with Gasteiger partial charge < -0.3 is 20.3 Å². The Morgan fingerprint density at radius 3 is 2.56 bits per heavy atom. The molecule has 0 saturated carbocycles. The molecule has 0 bridgehead atoms. The molecule has 3 N–H and O–H groups in total. The van der Waals surface area contributed by atoms with Gasteiger partial charge >= 0.3 is 12.0 Å². The Labute approximate surface area is 105 Å². The zero-order chi connectivity index (χ0) is 13.7. The van der Waals surface area contributed by atoms with E-state index in [4.69, 9.17) is 9.63 Å². The molecule has 0 spiro atoms. The lowest BCUT2D eigenvalue weighted by molar-refractivity contribution is -0.139. The minimum atomic E-state index is -1.05. The van der Waals surface area contributed by atoms with E-state index in [1.54, 1.807) is 20.8 Å². The van der Waals surface area contributed by atoms with Gasteiger partial charge in [-0.3, -0.25) is 0 Å². The molecule has 0 fully saturated rings. The average Bonchev–Trinajstić information content (AvgIpc) is 2.63. The molecule has 1 aromatic rings. The van der Waals surface area contributed by atoms with Crippen molar-refractivity contribution < 1.29 is 19.2 Å². The van der Waals surface area contributed by atoms with Crippen LogP contribution >= 0.6 is 0 Å². The summed E-state index contributed by atoms with van der Waals surface area (Å²) in [5.41, 5.74) is 1.51. The van der Waals surface area contributed by atoms with E-state index in [9.17, 15) is 9.59 Å². The maximum absolute atomic E-state index is 11.5. The van der Waals surface area contributed by atoms with Crippen LogP contribution in [-0.4, -0.2) is 28.3 Å². The van der Waals surface area contributed by atoms with E-state index in [2.05, 4.69) is 15.8 Å². The fraction of sp³-hybridized carbons (Fsp3) is 0.545. The lowest BCUT2D eigenvalue weighted by Gasteiger charge is -2.12. The molecule has 0 aliphatic heterocycles. The minimum absolute atomic E-state index is 0.253. The number of carboxylic acid groups (broad SMARTS) is 1. The Morgan fingerprint density at radius 1 is 1.44 bits per heavy atom. The maximum atomic E-state index is 11.5. The van der Waals surface area contributed by atoms with E-state index in [1.165, 1.54) is 0 Å². The first-order valence-corrected chi connectivity index (χ1v) is 5.64. The van der Waals surface area contributed by atoms with Gasteiger partial charge in [-0.15, -0.1) is 0 Å². The number of nitrogens with one attached hydrogen (secondary N) is 2. The molecule has 1 heterocycles. The Balaban J connectivity index is 2.49. The van der Waals surface area contributed by atoms with Crippen LogP contribution in [0.3, 0.4) is 0 Å². The van der Waals surface area contributed by atoms with Crippen molar-refractivity contribution >= 4 is 12.0 Å². The van der Waals surface area contributed by atoms with Gasteiger partial charge in [0.15, 0.2) is 0 Å². The third kappa shape index (κ3) is 3.47. The van der Waals surface area contributed by atoms with E-state index in [1.807, 2.05) is 0 Å². The van der Waals surface area contributed by atoms with Crippen molar-refractivity contribution in [2.75, 3.05) is 0 Å². The molecule has 100 valence electrons. The number of aryl methyl sites for hydroxylation is 2. The Bertz CT molecular complexity index is 422. The van der Waals surface area contributed by atoms with Crippen molar-refractivity contribution in [3.8, 4) is 0 Å². The van der Waals surface area contributed by atoms with Gasteiger partial charge in [0.2, 0.25) is 0 Å². The highest BCUT2D eigenvalue weighted by Gasteiger charge is 2.17. The van der Waals surface area contributed by atoms with E-state index in [-0.39, 0.29) is 6.54 Å². The lowest BCUT2D eigenvalue weighted by Crippen LogP contribution is -2.45. The number of urea groups is 1. The van der Waals surface area contributed by atoms with E-state index >= 15 is 0 Å². The average molecular weight is 255 g/mol. The highest BCUT2D eigenvalue weighted by Crippen LogP contribution is 2.11. The van der Waals surface area contributed by atoms with Crippen LogP contribution in [0.1, 0.15) is 30.4 Å². The van der Waals surface area contributed by atoms with Crippen LogP contribution in [0.25, 0.3) is 0 Å². The zero-order valence-electron chi connectivity index (χ0n) is 10.6. The fourth-order valence-electron chi connectivity index (χ4n) is 1.47. The van der Waals surface area contributed by atoms with E-state index in [0.29, 0.717) is 17.9 Å². The molecule has 1 aromatic heterocycles. The number of carboxylic acids is 1. The normalized spacial score (nSPS) is 11.9. The number of aromatic nitrogens is 1. The highest BCUT2D eigenvalue weighted by atomic mass is 16.5. The van der Waals surface area contributed by atoms with Crippen molar-refractivity contribution in [3.63, 3.8) is 0 Å². The molecule has 7 nitrogen and oxygen atoms in total. The summed E-state index contributed by atoms with van der Waals surface area (Å²) in [5.74, 6) is -0.414. The highest BCUT2D eigenvalue weighted by molar-refractivity contribution is 5.82. The van der Waals surface area contributed by atoms with Gasteiger partial charge in [0.1, 0.15) is 11.8 Å². The maximum Gasteiger partial charge on any atom is 0.326 e. The molecule has 0 saturated heterocycles. The summed E-state index contributed by atoms with van der Waals surface area (Å²) >= 11 is 0. The molecule has 2 amide bonds. The molecule has 0 aromatic carbocycles. The summed E-state index contributed by atoms with van der Waals surface area (Å²) in [4.78, 5) is 22.2. The van der Waals surface area contributed by atoms with Gasteiger partial charge in [-0.2, -0.15) is 0 Å². The molecule has 0 aliphatic carbocycles. The third-order valence-electron chi connectivity index (χ3n) is 2.62. The number of aliphatic carboxylic acids is 1. The largest absolute Gasteiger partial charge is 0.480 e. The van der Waals surface area contributed by atoms with Crippen molar-refractivity contribution in [2.45, 2.75) is 39.8 Å². The van der Waals surface area contributed by atoms with Crippen molar-refractivity contribution in [1.82, 2.24) is 15.8 Å². The van der Waals surface area contributed by atoms with E-state index in [0.717, 1.165) is 5.56 Å². The minimum Gasteiger partial charge on any atom is -0.480 e. The van der Waals surface area contributed by atoms with Crippen LogP contribution in [0.15, 0.2) is 4.52 Å². The van der Waals surface area contributed by atoms with Crippen LogP contribution in [0.5, 0.6) is 0 Å².